The Labute approximate surface area is 223 Å². The summed E-state index contributed by atoms with van der Waals surface area (Å²) in [7, 11) is 1.45. The van der Waals surface area contributed by atoms with E-state index < -0.39 is 12.9 Å². The van der Waals surface area contributed by atoms with Gasteiger partial charge < -0.3 is 30.3 Å². The van der Waals surface area contributed by atoms with Crippen molar-refractivity contribution in [3.63, 3.8) is 0 Å². The molecule has 2 fully saturated rings. The minimum Gasteiger partial charge on any atom is -0.494 e. The number of nitrogens with one attached hydrogen (secondary N) is 3. The number of amides is 2. The molecule has 1 saturated heterocycles. The van der Waals surface area contributed by atoms with Crippen molar-refractivity contribution in [2.75, 3.05) is 37.8 Å². The molecule has 3 aromatic rings. The number of aromatic nitrogens is 4. The molecule has 0 unspecified atom stereocenters. The maximum atomic E-state index is 12.8. The number of piperidine rings is 1. The van der Waals surface area contributed by atoms with E-state index in [2.05, 4.69) is 35.9 Å². The summed E-state index contributed by atoms with van der Waals surface area (Å²) in [6.07, 6.45) is 2.66. The van der Waals surface area contributed by atoms with E-state index in [-0.39, 0.29) is 41.0 Å². The van der Waals surface area contributed by atoms with Gasteiger partial charge in [0, 0.05) is 36.2 Å². The van der Waals surface area contributed by atoms with Crippen LogP contribution in [0.2, 0.25) is 0 Å². The van der Waals surface area contributed by atoms with E-state index in [1.165, 1.54) is 13.2 Å². The minimum atomic E-state index is -2.75. The van der Waals surface area contributed by atoms with Gasteiger partial charge in [0.15, 0.2) is 23.1 Å². The second kappa shape index (κ2) is 11.1. The van der Waals surface area contributed by atoms with Gasteiger partial charge in [-0.05, 0) is 37.8 Å². The standard InChI is InChI=1S/C25H30N8O5/c1-26-24(36)21-18(12-19(30-31-21)28-23(35)14-6-7-14)27-17-5-3-4-16(22(17)37-2)25-29-20(32-38-25)13-33-10-8-15(34)9-11-33/h3-5,12,14-15,34H,6-11,13H2,1-2H3,(H,26,36)(H2,27,28,30,35)/i1D3. The lowest BCUT2D eigenvalue weighted by Crippen LogP contribution is -2.35. The number of aliphatic hydroxyl groups is 1. The van der Waals surface area contributed by atoms with Gasteiger partial charge in [0.1, 0.15) is 0 Å². The molecule has 0 spiro atoms. The third-order valence-corrected chi connectivity index (χ3v) is 6.43. The molecule has 0 radical (unpaired) electrons. The van der Waals surface area contributed by atoms with Gasteiger partial charge in [-0.2, -0.15) is 4.98 Å². The fraction of sp³-hybridized carbons (Fsp3) is 0.440. The van der Waals surface area contributed by atoms with Crippen molar-refractivity contribution in [3.8, 4) is 17.2 Å². The van der Waals surface area contributed by atoms with Crippen molar-refractivity contribution in [3.05, 3.63) is 35.8 Å². The topological polar surface area (TPSA) is 168 Å². The van der Waals surface area contributed by atoms with Gasteiger partial charge in [0.05, 0.1) is 36.7 Å². The molecule has 200 valence electrons. The average Bonchev–Trinajstić information content (AvgIpc) is 3.68. The average molecular weight is 526 g/mol. The zero-order valence-electron chi connectivity index (χ0n) is 23.7. The molecule has 0 atom stereocenters. The molecule has 13 heteroatoms. The van der Waals surface area contributed by atoms with E-state index in [1.54, 1.807) is 18.2 Å². The summed E-state index contributed by atoms with van der Waals surface area (Å²) in [5, 5.41) is 29.3. The lowest BCUT2D eigenvalue weighted by atomic mass is 10.1. The first-order chi connectivity index (χ1) is 19.6. The largest absolute Gasteiger partial charge is 0.494 e. The Morgan fingerprint density at radius 3 is 2.76 bits per heavy atom. The van der Waals surface area contributed by atoms with Crippen LogP contribution in [-0.4, -0.2) is 75.4 Å². The number of rotatable bonds is 9. The molecule has 1 saturated carbocycles. The van der Waals surface area contributed by atoms with Crippen molar-refractivity contribution >= 4 is 29.0 Å². The zero-order valence-corrected chi connectivity index (χ0v) is 20.7. The Balaban J connectivity index is 1.42. The number of benzene rings is 1. The number of carbonyl (C=O) groups is 2. The second-order valence-corrected chi connectivity index (χ2v) is 9.24. The van der Waals surface area contributed by atoms with Gasteiger partial charge in [-0.3, -0.25) is 14.5 Å². The maximum absolute atomic E-state index is 12.8. The molecule has 3 heterocycles. The Kier molecular flexibility index (Phi) is 6.41. The fourth-order valence-corrected chi connectivity index (χ4v) is 4.22. The van der Waals surface area contributed by atoms with Crippen LogP contribution in [-0.2, 0) is 11.3 Å². The normalized spacial score (nSPS) is 17.7. The van der Waals surface area contributed by atoms with E-state index in [1.807, 2.05) is 5.32 Å². The third-order valence-electron chi connectivity index (χ3n) is 6.43. The summed E-state index contributed by atoms with van der Waals surface area (Å²) in [4.78, 5) is 31.7. The summed E-state index contributed by atoms with van der Waals surface area (Å²) < 4.78 is 33.4. The zero-order chi connectivity index (χ0) is 29.1. The summed E-state index contributed by atoms with van der Waals surface area (Å²) in [5.41, 5.74) is 0.639. The molecule has 1 aliphatic heterocycles. The number of methoxy groups -OCH3 is 1. The first-order valence-corrected chi connectivity index (χ1v) is 12.3. The highest BCUT2D eigenvalue weighted by Gasteiger charge is 2.30. The third kappa shape index (κ3) is 5.73. The number of para-hydroxylation sites is 1. The summed E-state index contributed by atoms with van der Waals surface area (Å²) >= 11 is 0. The van der Waals surface area contributed by atoms with Crippen molar-refractivity contribution in [1.82, 2.24) is 30.6 Å². The van der Waals surface area contributed by atoms with E-state index in [9.17, 15) is 14.7 Å². The maximum Gasteiger partial charge on any atom is 0.273 e. The Morgan fingerprint density at radius 1 is 1.21 bits per heavy atom. The summed E-state index contributed by atoms with van der Waals surface area (Å²) in [5.74, 6) is -0.190. The van der Waals surface area contributed by atoms with Gasteiger partial charge in [-0.1, -0.05) is 11.2 Å². The minimum absolute atomic E-state index is 0.0850. The Morgan fingerprint density at radius 2 is 2.03 bits per heavy atom. The van der Waals surface area contributed by atoms with Crippen molar-refractivity contribution in [1.29, 1.82) is 0 Å². The smallest absolute Gasteiger partial charge is 0.273 e. The molecule has 4 N–H and O–H groups in total. The van der Waals surface area contributed by atoms with E-state index >= 15 is 0 Å². The monoisotopic (exact) mass is 525 g/mol. The predicted molar refractivity (Wildman–Crippen MR) is 137 cm³/mol. The Hall–Kier alpha value is -4.10. The first kappa shape index (κ1) is 21.9. The molecular formula is C25H30N8O5. The number of ether oxygens (including phenoxy) is 1. The Bertz CT molecular complexity index is 1420. The summed E-state index contributed by atoms with van der Waals surface area (Å²) in [6.45, 7) is -0.824. The molecule has 2 amide bonds. The molecule has 0 bridgehead atoms. The lowest BCUT2D eigenvalue weighted by molar-refractivity contribution is -0.117. The molecular weight excluding hydrogens is 492 g/mol. The quantitative estimate of drug-likeness (QED) is 0.322. The van der Waals surface area contributed by atoms with Gasteiger partial charge in [-0.25, -0.2) is 0 Å². The van der Waals surface area contributed by atoms with Crippen LogP contribution in [0, 0.1) is 5.92 Å². The number of nitrogens with zero attached hydrogens (tertiary/aromatic N) is 5. The van der Waals surface area contributed by atoms with Crippen LogP contribution in [0.15, 0.2) is 28.8 Å². The molecule has 2 aromatic heterocycles. The van der Waals surface area contributed by atoms with Crippen LogP contribution in [0.25, 0.3) is 11.5 Å². The van der Waals surface area contributed by atoms with E-state index in [4.69, 9.17) is 13.4 Å². The molecule has 2 aliphatic rings. The fourth-order valence-electron chi connectivity index (χ4n) is 4.22. The highest BCUT2D eigenvalue weighted by molar-refractivity contribution is 6.00. The predicted octanol–water partition coefficient (Wildman–Crippen LogP) is 1.94. The number of likely N-dealkylation sites (tertiary alicyclic amines) is 1. The second-order valence-electron chi connectivity index (χ2n) is 9.24. The van der Waals surface area contributed by atoms with Crippen LogP contribution in [0.5, 0.6) is 5.75 Å². The first-order valence-electron chi connectivity index (χ1n) is 13.8. The number of hydrogen-bond acceptors (Lipinski definition) is 11. The highest BCUT2D eigenvalue weighted by atomic mass is 16.5. The molecule has 13 nitrogen and oxygen atoms in total. The van der Waals surface area contributed by atoms with Crippen molar-refractivity contribution < 1.29 is 28.1 Å². The summed E-state index contributed by atoms with van der Waals surface area (Å²) in [6, 6.07) is 6.51. The van der Waals surface area contributed by atoms with Crippen molar-refractivity contribution in [2.24, 2.45) is 5.92 Å². The SMILES string of the molecule is [2H]C([2H])([2H])NC(=O)c1nnc(NC(=O)C2CC2)cc1Nc1cccc(-c2nc(CN3CCC(O)CC3)no2)c1OC. The lowest BCUT2D eigenvalue weighted by Gasteiger charge is -2.28. The van der Waals surface area contributed by atoms with Gasteiger partial charge >= 0.3 is 0 Å². The van der Waals surface area contributed by atoms with Gasteiger partial charge in [0.25, 0.3) is 11.8 Å². The van der Waals surface area contributed by atoms with Crippen LogP contribution in [0.3, 0.4) is 0 Å². The molecule has 5 rings (SSSR count). The number of anilines is 3. The van der Waals surface area contributed by atoms with Crippen molar-refractivity contribution in [2.45, 2.75) is 38.3 Å². The van der Waals surface area contributed by atoms with Gasteiger partial charge in [0.2, 0.25) is 5.91 Å². The van der Waals surface area contributed by atoms with Crippen LogP contribution < -0.4 is 20.7 Å². The number of hydrogen-bond donors (Lipinski definition) is 4. The van der Waals surface area contributed by atoms with E-state index in [0.29, 0.717) is 42.2 Å². The number of aliphatic hydroxyl groups excluding tert-OH is 1. The van der Waals surface area contributed by atoms with E-state index in [0.717, 1.165) is 25.9 Å². The molecule has 1 aromatic carbocycles. The number of carbonyl (C=O) groups excluding carboxylic acids is 2. The van der Waals surface area contributed by atoms with Crippen LogP contribution in [0.1, 0.15) is 46.1 Å². The van der Waals surface area contributed by atoms with Crippen LogP contribution in [0.4, 0.5) is 17.2 Å². The van der Waals surface area contributed by atoms with Gasteiger partial charge in [-0.15, -0.1) is 10.2 Å². The molecule has 38 heavy (non-hydrogen) atoms. The molecule has 1 aliphatic carbocycles. The highest BCUT2D eigenvalue weighted by Crippen LogP contribution is 2.38. The van der Waals surface area contributed by atoms with Crippen LogP contribution >= 0.6 is 0 Å².